The number of aromatic nitrogens is 1. The van der Waals surface area contributed by atoms with Gasteiger partial charge in [-0.1, -0.05) is 29.6 Å². The first-order valence-corrected chi connectivity index (χ1v) is 8.46. The lowest BCUT2D eigenvalue weighted by Crippen LogP contribution is -2.12. The van der Waals surface area contributed by atoms with E-state index in [4.69, 9.17) is 23.2 Å². The monoisotopic (exact) mass is 340 g/mol. The SMILES string of the molecule is O=C(Nc1nc2c(s1)CCCCC2)c1ccc(Cl)cc1Cl. The van der Waals surface area contributed by atoms with Crippen LogP contribution in [0.3, 0.4) is 0 Å². The van der Waals surface area contributed by atoms with Crippen LogP contribution in [0.25, 0.3) is 0 Å². The minimum absolute atomic E-state index is 0.249. The second kappa shape index (κ2) is 6.34. The Hall–Kier alpha value is -1.10. The van der Waals surface area contributed by atoms with Crippen molar-refractivity contribution >= 4 is 45.6 Å². The Morgan fingerprint density at radius 2 is 2.00 bits per heavy atom. The number of anilines is 1. The number of carbonyl (C=O) groups is 1. The van der Waals surface area contributed by atoms with Gasteiger partial charge in [0.05, 0.1) is 16.3 Å². The number of hydrogen-bond donors (Lipinski definition) is 1. The molecule has 3 nitrogen and oxygen atoms in total. The molecule has 1 aromatic carbocycles. The topological polar surface area (TPSA) is 42.0 Å². The molecule has 3 rings (SSSR count). The smallest absolute Gasteiger partial charge is 0.258 e. The summed E-state index contributed by atoms with van der Waals surface area (Å²) >= 11 is 13.5. The molecule has 0 radical (unpaired) electrons. The van der Waals surface area contributed by atoms with E-state index in [0.717, 1.165) is 18.5 Å². The molecule has 1 aliphatic carbocycles. The quantitative estimate of drug-likeness (QED) is 0.784. The van der Waals surface area contributed by atoms with E-state index in [-0.39, 0.29) is 5.91 Å². The van der Waals surface area contributed by atoms with E-state index in [1.807, 2.05) is 0 Å². The van der Waals surface area contributed by atoms with Crippen molar-refractivity contribution in [2.45, 2.75) is 32.1 Å². The van der Waals surface area contributed by atoms with Crippen LogP contribution in [0.4, 0.5) is 5.13 Å². The van der Waals surface area contributed by atoms with Gasteiger partial charge in [0.2, 0.25) is 0 Å². The van der Waals surface area contributed by atoms with Gasteiger partial charge in [-0.2, -0.15) is 0 Å². The zero-order valence-electron chi connectivity index (χ0n) is 11.3. The maximum absolute atomic E-state index is 12.3. The third-order valence-corrected chi connectivity index (χ3v) is 5.11. The van der Waals surface area contributed by atoms with Crippen molar-refractivity contribution in [3.8, 4) is 0 Å². The first kappa shape index (κ1) is 14.8. The molecule has 0 fully saturated rings. The Bertz CT molecular complexity index is 661. The second-order valence-corrected chi connectivity index (χ2v) is 6.96. The van der Waals surface area contributed by atoms with Crippen molar-refractivity contribution in [2.75, 3.05) is 5.32 Å². The van der Waals surface area contributed by atoms with Gasteiger partial charge in [0.1, 0.15) is 0 Å². The molecule has 1 amide bonds. The minimum Gasteiger partial charge on any atom is -0.298 e. The average Bonchev–Trinajstić information content (AvgIpc) is 2.67. The van der Waals surface area contributed by atoms with E-state index in [1.165, 1.54) is 24.1 Å². The molecule has 1 heterocycles. The lowest BCUT2D eigenvalue weighted by molar-refractivity contribution is 0.102. The van der Waals surface area contributed by atoms with Crippen molar-refractivity contribution in [3.63, 3.8) is 0 Å². The maximum atomic E-state index is 12.3. The van der Waals surface area contributed by atoms with Gasteiger partial charge in [0.25, 0.3) is 5.91 Å². The summed E-state index contributed by atoms with van der Waals surface area (Å²) in [5.74, 6) is -0.249. The standard InChI is InChI=1S/C15H14Cl2N2OS/c16-9-6-7-10(11(17)8-9)14(20)19-15-18-12-4-2-1-3-5-13(12)21-15/h6-8H,1-5H2,(H,18,19,20). The Labute approximate surface area is 137 Å². The first-order chi connectivity index (χ1) is 10.1. The van der Waals surface area contributed by atoms with Crippen LogP contribution in [0, 0.1) is 0 Å². The minimum atomic E-state index is -0.249. The molecule has 1 N–H and O–H groups in total. The predicted octanol–water partition coefficient (Wildman–Crippen LogP) is 4.97. The lowest BCUT2D eigenvalue weighted by Gasteiger charge is -2.04. The van der Waals surface area contributed by atoms with Gasteiger partial charge in [-0.25, -0.2) is 4.98 Å². The van der Waals surface area contributed by atoms with Crippen LogP contribution in [0.15, 0.2) is 18.2 Å². The molecule has 0 spiro atoms. The number of benzene rings is 1. The van der Waals surface area contributed by atoms with E-state index in [2.05, 4.69) is 10.3 Å². The fraction of sp³-hybridized carbons (Fsp3) is 0.333. The molecule has 21 heavy (non-hydrogen) atoms. The number of rotatable bonds is 2. The van der Waals surface area contributed by atoms with Crippen LogP contribution in [-0.4, -0.2) is 10.9 Å². The van der Waals surface area contributed by atoms with Crippen molar-refractivity contribution in [1.29, 1.82) is 0 Å². The lowest BCUT2D eigenvalue weighted by atomic mass is 10.2. The first-order valence-electron chi connectivity index (χ1n) is 6.88. The van der Waals surface area contributed by atoms with Gasteiger partial charge in [-0.3, -0.25) is 10.1 Å². The zero-order chi connectivity index (χ0) is 14.8. The number of thiazole rings is 1. The highest BCUT2D eigenvalue weighted by Gasteiger charge is 2.17. The van der Waals surface area contributed by atoms with Crippen molar-refractivity contribution in [3.05, 3.63) is 44.4 Å². The third-order valence-electron chi connectivity index (χ3n) is 3.49. The van der Waals surface area contributed by atoms with Crippen molar-refractivity contribution in [1.82, 2.24) is 4.98 Å². The van der Waals surface area contributed by atoms with Gasteiger partial charge < -0.3 is 0 Å². The molecule has 2 aromatic rings. The fourth-order valence-electron chi connectivity index (χ4n) is 2.42. The zero-order valence-corrected chi connectivity index (χ0v) is 13.6. The average molecular weight is 341 g/mol. The van der Waals surface area contributed by atoms with Gasteiger partial charge in [-0.15, -0.1) is 11.3 Å². The van der Waals surface area contributed by atoms with Crippen molar-refractivity contribution in [2.24, 2.45) is 0 Å². The molecule has 1 aliphatic rings. The normalized spacial score (nSPS) is 14.4. The van der Waals surface area contributed by atoms with Crippen LogP contribution < -0.4 is 5.32 Å². The Balaban J connectivity index is 1.78. The Morgan fingerprint density at radius 1 is 1.19 bits per heavy atom. The number of fused-ring (bicyclic) bond motifs is 1. The highest BCUT2D eigenvalue weighted by molar-refractivity contribution is 7.15. The summed E-state index contributed by atoms with van der Waals surface area (Å²) in [6.45, 7) is 0. The van der Waals surface area contributed by atoms with Gasteiger partial charge in [0.15, 0.2) is 5.13 Å². The van der Waals surface area contributed by atoms with Gasteiger partial charge in [0, 0.05) is 9.90 Å². The maximum Gasteiger partial charge on any atom is 0.258 e. The number of nitrogens with zero attached hydrogens (tertiary/aromatic N) is 1. The van der Waals surface area contributed by atoms with E-state index >= 15 is 0 Å². The van der Waals surface area contributed by atoms with Crippen LogP contribution in [0.2, 0.25) is 10.0 Å². The number of nitrogens with one attached hydrogen (secondary N) is 1. The van der Waals surface area contributed by atoms with E-state index in [0.29, 0.717) is 20.7 Å². The molecule has 0 saturated heterocycles. The number of amides is 1. The molecule has 0 aliphatic heterocycles. The summed E-state index contributed by atoms with van der Waals surface area (Å²) in [5, 5.41) is 4.34. The van der Waals surface area contributed by atoms with Crippen molar-refractivity contribution < 1.29 is 4.79 Å². The molecular formula is C15H14Cl2N2OS. The molecule has 0 atom stereocenters. The van der Waals surface area contributed by atoms with Crippen LogP contribution >= 0.6 is 34.5 Å². The molecule has 110 valence electrons. The molecule has 6 heteroatoms. The molecule has 0 saturated carbocycles. The molecule has 0 unspecified atom stereocenters. The summed E-state index contributed by atoms with van der Waals surface area (Å²) < 4.78 is 0. The highest BCUT2D eigenvalue weighted by Crippen LogP contribution is 2.30. The Kier molecular flexibility index (Phi) is 4.48. The number of carbonyl (C=O) groups excluding carboxylic acids is 1. The predicted molar refractivity (Wildman–Crippen MR) is 87.8 cm³/mol. The van der Waals surface area contributed by atoms with Crippen LogP contribution in [-0.2, 0) is 12.8 Å². The van der Waals surface area contributed by atoms with Gasteiger partial charge in [-0.05, 0) is 43.9 Å². The van der Waals surface area contributed by atoms with E-state index in [1.54, 1.807) is 29.5 Å². The Morgan fingerprint density at radius 3 is 2.81 bits per heavy atom. The third kappa shape index (κ3) is 3.39. The van der Waals surface area contributed by atoms with E-state index < -0.39 is 0 Å². The largest absolute Gasteiger partial charge is 0.298 e. The summed E-state index contributed by atoms with van der Waals surface area (Å²) in [5.41, 5.74) is 1.54. The summed E-state index contributed by atoms with van der Waals surface area (Å²) in [7, 11) is 0. The summed E-state index contributed by atoms with van der Waals surface area (Å²) in [6, 6.07) is 4.84. The number of hydrogen-bond acceptors (Lipinski definition) is 3. The van der Waals surface area contributed by atoms with Crippen LogP contribution in [0.1, 0.15) is 40.2 Å². The number of halogens is 2. The van der Waals surface area contributed by atoms with Crippen LogP contribution in [0.5, 0.6) is 0 Å². The fourth-order valence-corrected chi connectivity index (χ4v) is 3.96. The molecule has 1 aromatic heterocycles. The molecular weight excluding hydrogens is 327 g/mol. The summed E-state index contributed by atoms with van der Waals surface area (Å²) in [6.07, 6.45) is 5.69. The van der Waals surface area contributed by atoms with Gasteiger partial charge >= 0.3 is 0 Å². The highest BCUT2D eigenvalue weighted by atomic mass is 35.5. The summed E-state index contributed by atoms with van der Waals surface area (Å²) in [4.78, 5) is 18.1. The number of aryl methyl sites for hydroxylation is 2. The molecule has 0 bridgehead atoms. The second-order valence-electron chi connectivity index (χ2n) is 5.03. The van der Waals surface area contributed by atoms with E-state index in [9.17, 15) is 4.79 Å².